The molecule has 0 aliphatic rings. The van der Waals surface area contributed by atoms with E-state index < -0.39 is 0 Å². The van der Waals surface area contributed by atoms with Gasteiger partial charge in [-0.3, -0.25) is 4.40 Å². The predicted molar refractivity (Wildman–Crippen MR) is 113 cm³/mol. The molecule has 0 N–H and O–H groups in total. The van der Waals surface area contributed by atoms with Crippen molar-refractivity contribution in [3.05, 3.63) is 108 Å². The molecule has 0 radical (unpaired) electrons. The second kappa shape index (κ2) is 6.86. The Bertz CT molecular complexity index is 1170. The first-order chi connectivity index (χ1) is 13.4. The van der Waals surface area contributed by atoms with Crippen molar-refractivity contribution in [1.29, 1.82) is 0 Å². The van der Waals surface area contributed by atoms with Gasteiger partial charge < -0.3 is 0 Å². The molecule has 0 amide bonds. The Balaban J connectivity index is 1.74. The van der Waals surface area contributed by atoms with Crippen LogP contribution in [0.4, 0.5) is 0 Å². The Morgan fingerprint density at radius 2 is 1.30 bits per heavy atom. The van der Waals surface area contributed by atoms with E-state index in [1.54, 1.807) is 11.3 Å². The van der Waals surface area contributed by atoms with E-state index in [0.717, 1.165) is 22.6 Å². The van der Waals surface area contributed by atoms with Gasteiger partial charge in [-0.25, -0.2) is 4.98 Å². The van der Waals surface area contributed by atoms with Gasteiger partial charge in [-0.1, -0.05) is 91.0 Å². The second-order valence-electron chi connectivity index (χ2n) is 6.55. The van der Waals surface area contributed by atoms with Crippen LogP contribution in [0.25, 0.3) is 27.5 Å². The highest BCUT2D eigenvalue weighted by molar-refractivity contribution is 7.15. The second-order valence-corrected chi connectivity index (χ2v) is 7.39. The number of imidazole rings is 1. The molecule has 5 rings (SSSR count). The van der Waals surface area contributed by atoms with E-state index in [2.05, 4.69) is 94.7 Å². The lowest BCUT2D eigenvalue weighted by Gasteiger charge is -2.08. The highest BCUT2D eigenvalue weighted by atomic mass is 32.1. The highest BCUT2D eigenvalue weighted by Crippen LogP contribution is 2.36. The van der Waals surface area contributed by atoms with Crippen LogP contribution in [0.5, 0.6) is 0 Å². The van der Waals surface area contributed by atoms with Crippen molar-refractivity contribution in [2.45, 2.75) is 6.42 Å². The Morgan fingerprint density at radius 1 is 0.704 bits per heavy atom. The van der Waals surface area contributed by atoms with Gasteiger partial charge in [-0.15, -0.1) is 11.3 Å². The van der Waals surface area contributed by atoms with Crippen LogP contribution in [-0.2, 0) is 6.42 Å². The molecule has 0 fully saturated rings. The summed E-state index contributed by atoms with van der Waals surface area (Å²) >= 11 is 1.71. The number of benzene rings is 3. The zero-order chi connectivity index (χ0) is 18.1. The van der Waals surface area contributed by atoms with Crippen molar-refractivity contribution in [3.63, 3.8) is 0 Å². The van der Waals surface area contributed by atoms with Gasteiger partial charge in [0.25, 0.3) is 0 Å². The monoisotopic (exact) mass is 366 g/mol. The Hall–Kier alpha value is -3.17. The van der Waals surface area contributed by atoms with Crippen molar-refractivity contribution in [2.24, 2.45) is 0 Å². The third-order valence-electron chi connectivity index (χ3n) is 4.76. The molecular formula is C24H18N2S. The molecule has 27 heavy (non-hydrogen) atoms. The van der Waals surface area contributed by atoms with E-state index in [0.29, 0.717) is 0 Å². The molecule has 5 aromatic rings. The number of fused-ring (bicyclic) bond motifs is 1. The molecule has 0 unspecified atom stereocenters. The van der Waals surface area contributed by atoms with E-state index in [4.69, 9.17) is 4.98 Å². The Kier molecular flexibility index (Phi) is 4.07. The molecule has 0 saturated heterocycles. The summed E-state index contributed by atoms with van der Waals surface area (Å²) < 4.78 is 2.33. The first kappa shape index (κ1) is 16.0. The number of nitrogens with zero attached hydrogens (tertiary/aromatic N) is 2. The summed E-state index contributed by atoms with van der Waals surface area (Å²) in [6.07, 6.45) is 0.894. The number of hydrogen-bond donors (Lipinski definition) is 0. The molecule has 3 heteroatoms. The molecule has 0 bridgehead atoms. The lowest BCUT2D eigenvalue weighted by atomic mass is 10.0. The zero-order valence-corrected chi connectivity index (χ0v) is 15.6. The van der Waals surface area contributed by atoms with Gasteiger partial charge in [0.1, 0.15) is 0 Å². The van der Waals surface area contributed by atoms with Crippen LogP contribution in [0, 0.1) is 0 Å². The van der Waals surface area contributed by atoms with Crippen LogP contribution >= 0.6 is 11.3 Å². The summed E-state index contributed by atoms with van der Waals surface area (Å²) in [5.74, 6) is 0. The molecule has 2 nitrogen and oxygen atoms in total. The van der Waals surface area contributed by atoms with E-state index in [1.165, 1.54) is 22.5 Å². The van der Waals surface area contributed by atoms with E-state index in [-0.39, 0.29) is 0 Å². The average molecular weight is 366 g/mol. The Labute approximate surface area is 162 Å². The Morgan fingerprint density at radius 3 is 1.96 bits per heavy atom. The maximum atomic E-state index is 5.00. The van der Waals surface area contributed by atoms with E-state index in [1.807, 2.05) is 6.07 Å². The van der Waals surface area contributed by atoms with Gasteiger partial charge in [0, 0.05) is 28.6 Å². The zero-order valence-electron chi connectivity index (χ0n) is 14.7. The number of rotatable bonds is 4. The predicted octanol–water partition coefficient (Wildman–Crippen LogP) is 6.32. The van der Waals surface area contributed by atoms with Gasteiger partial charge in [-0.2, -0.15) is 0 Å². The minimum absolute atomic E-state index is 0.894. The smallest absolute Gasteiger partial charge is 0.194 e. The van der Waals surface area contributed by atoms with Crippen molar-refractivity contribution in [2.75, 3.05) is 0 Å². The molecule has 2 aromatic heterocycles. The standard InChI is InChI=1S/C24H18N2S/c1-4-10-18(11-5-1)16-21-17-27-24-25-22(19-12-6-2-7-13-19)23(26(21)24)20-14-8-3-9-15-20/h1-15,17H,16H2. The molecule has 3 aromatic carbocycles. The maximum Gasteiger partial charge on any atom is 0.194 e. The molecule has 130 valence electrons. The summed E-state index contributed by atoms with van der Waals surface area (Å²) in [5.41, 5.74) is 7.14. The van der Waals surface area contributed by atoms with Crippen molar-refractivity contribution in [1.82, 2.24) is 9.38 Å². The van der Waals surface area contributed by atoms with Gasteiger partial charge in [-0.05, 0) is 5.56 Å². The van der Waals surface area contributed by atoms with Gasteiger partial charge in [0.15, 0.2) is 4.96 Å². The van der Waals surface area contributed by atoms with Crippen molar-refractivity contribution in [3.8, 4) is 22.5 Å². The topological polar surface area (TPSA) is 17.3 Å². The van der Waals surface area contributed by atoms with Crippen LogP contribution in [0.15, 0.2) is 96.4 Å². The van der Waals surface area contributed by atoms with Gasteiger partial charge in [0.05, 0.1) is 11.4 Å². The summed E-state index contributed by atoms with van der Waals surface area (Å²) in [4.78, 5) is 6.04. The van der Waals surface area contributed by atoms with Crippen LogP contribution < -0.4 is 0 Å². The number of hydrogen-bond acceptors (Lipinski definition) is 2. The molecule has 0 atom stereocenters. The molecule has 0 spiro atoms. The molecule has 0 aliphatic carbocycles. The highest BCUT2D eigenvalue weighted by Gasteiger charge is 2.19. The normalized spacial score (nSPS) is 11.1. The quantitative estimate of drug-likeness (QED) is 0.364. The van der Waals surface area contributed by atoms with Crippen LogP contribution in [-0.4, -0.2) is 9.38 Å². The average Bonchev–Trinajstić information content (AvgIpc) is 3.30. The van der Waals surface area contributed by atoms with Gasteiger partial charge in [0.2, 0.25) is 0 Å². The minimum atomic E-state index is 0.894. The first-order valence-corrected chi connectivity index (χ1v) is 9.92. The fourth-order valence-corrected chi connectivity index (χ4v) is 4.39. The van der Waals surface area contributed by atoms with E-state index in [9.17, 15) is 0 Å². The molecule has 0 saturated carbocycles. The van der Waals surface area contributed by atoms with Crippen LogP contribution in [0.2, 0.25) is 0 Å². The SMILES string of the molecule is c1ccc(Cc2csc3nc(-c4ccccc4)c(-c4ccccc4)n23)cc1. The summed E-state index contributed by atoms with van der Waals surface area (Å²) in [7, 11) is 0. The summed E-state index contributed by atoms with van der Waals surface area (Å²) in [5, 5.41) is 2.23. The molecule has 0 aliphatic heterocycles. The van der Waals surface area contributed by atoms with Crippen LogP contribution in [0.3, 0.4) is 0 Å². The molecule has 2 heterocycles. The lowest BCUT2D eigenvalue weighted by molar-refractivity contribution is 1.04. The fourth-order valence-electron chi connectivity index (χ4n) is 3.50. The van der Waals surface area contributed by atoms with Gasteiger partial charge >= 0.3 is 0 Å². The third-order valence-corrected chi connectivity index (χ3v) is 5.63. The van der Waals surface area contributed by atoms with Crippen LogP contribution in [0.1, 0.15) is 11.3 Å². The number of thiazole rings is 1. The maximum absolute atomic E-state index is 5.00. The number of aromatic nitrogens is 2. The van der Waals surface area contributed by atoms with Crippen molar-refractivity contribution < 1.29 is 0 Å². The largest absolute Gasteiger partial charge is 0.286 e. The fraction of sp³-hybridized carbons (Fsp3) is 0.0417. The summed E-state index contributed by atoms with van der Waals surface area (Å²) in [6, 6.07) is 31.7. The summed E-state index contributed by atoms with van der Waals surface area (Å²) in [6.45, 7) is 0. The molecular weight excluding hydrogens is 348 g/mol. The first-order valence-electron chi connectivity index (χ1n) is 9.04. The van der Waals surface area contributed by atoms with Crippen molar-refractivity contribution >= 4 is 16.3 Å². The lowest BCUT2D eigenvalue weighted by Crippen LogP contribution is -1.96. The van der Waals surface area contributed by atoms with E-state index >= 15 is 0 Å². The minimum Gasteiger partial charge on any atom is -0.286 e. The third kappa shape index (κ3) is 2.96.